The predicted octanol–water partition coefficient (Wildman–Crippen LogP) is 3.30. The molecule has 3 aromatic rings. The maximum Gasteiger partial charge on any atom is 0.177 e. The van der Waals surface area contributed by atoms with Crippen LogP contribution in [0.3, 0.4) is 0 Å². The molecule has 0 bridgehead atoms. The van der Waals surface area contributed by atoms with Crippen LogP contribution in [0, 0.1) is 0 Å². The highest BCUT2D eigenvalue weighted by Crippen LogP contribution is 2.31. The van der Waals surface area contributed by atoms with Crippen molar-refractivity contribution < 1.29 is 4.52 Å². The lowest BCUT2D eigenvalue weighted by Crippen LogP contribution is -1.99. The Balaban J connectivity index is 1.83. The minimum Gasteiger partial charge on any atom is -0.355 e. The first kappa shape index (κ1) is 10.6. The van der Waals surface area contributed by atoms with E-state index in [-0.39, 0.29) is 0 Å². The smallest absolute Gasteiger partial charge is 0.177 e. The van der Waals surface area contributed by atoms with Crippen molar-refractivity contribution in [3.63, 3.8) is 0 Å². The van der Waals surface area contributed by atoms with Crippen molar-refractivity contribution in [2.45, 2.75) is 6.54 Å². The molecular formula is C11H8ClN3OS. The van der Waals surface area contributed by atoms with Crippen LogP contribution in [0.2, 0.25) is 4.34 Å². The van der Waals surface area contributed by atoms with E-state index in [1.165, 1.54) is 11.3 Å². The van der Waals surface area contributed by atoms with Crippen LogP contribution < -0.4 is 0 Å². The van der Waals surface area contributed by atoms with Gasteiger partial charge in [-0.05, 0) is 18.2 Å². The van der Waals surface area contributed by atoms with Gasteiger partial charge in [0.05, 0.1) is 15.8 Å². The molecule has 0 spiro atoms. The predicted molar refractivity (Wildman–Crippen MR) is 66.2 cm³/mol. The molecule has 0 aliphatic carbocycles. The molecule has 0 aliphatic rings. The monoisotopic (exact) mass is 265 g/mol. The maximum absolute atomic E-state index is 5.87. The highest BCUT2D eigenvalue weighted by Gasteiger charge is 2.09. The van der Waals surface area contributed by atoms with Crippen LogP contribution in [0.4, 0.5) is 0 Å². The third kappa shape index (κ3) is 2.25. The zero-order valence-electron chi connectivity index (χ0n) is 8.71. The molecule has 0 N–H and O–H groups in total. The molecule has 0 saturated heterocycles. The standard InChI is InChI=1S/C11H8ClN3OS/c12-11-3-2-10(17-11)9-6-8(14-16-9)7-15-5-1-4-13-15/h1-6H,7H2. The Labute approximate surface area is 106 Å². The first-order chi connectivity index (χ1) is 8.31. The maximum atomic E-state index is 5.87. The summed E-state index contributed by atoms with van der Waals surface area (Å²) in [6, 6.07) is 7.55. The summed E-state index contributed by atoms with van der Waals surface area (Å²) in [4.78, 5) is 0.981. The summed E-state index contributed by atoms with van der Waals surface area (Å²) in [5, 5.41) is 8.12. The second-order valence-corrected chi connectivity index (χ2v) is 5.20. The number of aromatic nitrogens is 3. The van der Waals surface area contributed by atoms with Crippen LogP contribution in [0.1, 0.15) is 5.69 Å². The normalized spacial score (nSPS) is 10.9. The lowest BCUT2D eigenvalue weighted by molar-refractivity contribution is 0.420. The Bertz CT molecular complexity index is 614. The molecule has 0 aromatic carbocycles. The minimum absolute atomic E-state index is 0.607. The van der Waals surface area contributed by atoms with Gasteiger partial charge in [-0.25, -0.2) is 0 Å². The fourth-order valence-corrected chi connectivity index (χ4v) is 2.50. The van der Waals surface area contributed by atoms with Gasteiger partial charge in [-0.3, -0.25) is 4.68 Å². The molecule has 3 aromatic heterocycles. The molecule has 3 rings (SSSR count). The van der Waals surface area contributed by atoms with Crippen molar-refractivity contribution in [3.05, 3.63) is 46.7 Å². The van der Waals surface area contributed by atoms with E-state index in [4.69, 9.17) is 16.1 Å². The number of hydrogen-bond donors (Lipinski definition) is 0. The van der Waals surface area contributed by atoms with Gasteiger partial charge in [0, 0.05) is 18.5 Å². The molecule has 17 heavy (non-hydrogen) atoms. The molecule has 4 nitrogen and oxygen atoms in total. The van der Waals surface area contributed by atoms with Gasteiger partial charge < -0.3 is 4.52 Å². The lowest BCUT2D eigenvalue weighted by atomic mass is 10.3. The van der Waals surface area contributed by atoms with E-state index in [1.54, 1.807) is 10.9 Å². The quantitative estimate of drug-likeness (QED) is 0.730. The summed E-state index contributed by atoms with van der Waals surface area (Å²) in [6.07, 6.45) is 3.62. The third-order valence-corrected chi connectivity index (χ3v) is 3.50. The lowest BCUT2D eigenvalue weighted by Gasteiger charge is -1.93. The van der Waals surface area contributed by atoms with Gasteiger partial charge >= 0.3 is 0 Å². The Hall–Kier alpha value is -1.59. The Morgan fingerprint density at radius 2 is 2.35 bits per heavy atom. The van der Waals surface area contributed by atoms with Crippen LogP contribution in [0.25, 0.3) is 10.6 Å². The van der Waals surface area contributed by atoms with E-state index in [0.717, 1.165) is 20.7 Å². The Morgan fingerprint density at radius 1 is 1.41 bits per heavy atom. The van der Waals surface area contributed by atoms with Crippen LogP contribution in [0.15, 0.2) is 41.2 Å². The second kappa shape index (κ2) is 4.35. The topological polar surface area (TPSA) is 43.9 Å². The molecule has 0 amide bonds. The van der Waals surface area contributed by atoms with Gasteiger partial charge in [0.15, 0.2) is 5.76 Å². The molecule has 0 saturated carbocycles. The summed E-state index contributed by atoms with van der Waals surface area (Å²) in [6.45, 7) is 0.607. The van der Waals surface area contributed by atoms with E-state index < -0.39 is 0 Å². The van der Waals surface area contributed by atoms with Gasteiger partial charge in [0.2, 0.25) is 0 Å². The summed E-state index contributed by atoms with van der Waals surface area (Å²) in [5.41, 5.74) is 0.841. The zero-order valence-corrected chi connectivity index (χ0v) is 10.3. The van der Waals surface area contributed by atoms with Crippen LogP contribution >= 0.6 is 22.9 Å². The summed E-state index contributed by atoms with van der Waals surface area (Å²) < 4.78 is 7.81. The minimum atomic E-state index is 0.607. The van der Waals surface area contributed by atoms with Gasteiger partial charge in [0.1, 0.15) is 5.69 Å². The highest BCUT2D eigenvalue weighted by molar-refractivity contribution is 7.19. The average Bonchev–Trinajstić information content (AvgIpc) is 2.99. The molecule has 0 atom stereocenters. The van der Waals surface area contributed by atoms with Crippen LogP contribution in [-0.2, 0) is 6.54 Å². The summed E-state index contributed by atoms with van der Waals surface area (Å²) >= 11 is 7.35. The molecule has 6 heteroatoms. The zero-order chi connectivity index (χ0) is 11.7. The van der Waals surface area contributed by atoms with E-state index >= 15 is 0 Å². The third-order valence-electron chi connectivity index (χ3n) is 2.26. The average molecular weight is 266 g/mol. The van der Waals surface area contributed by atoms with E-state index in [9.17, 15) is 0 Å². The SMILES string of the molecule is Clc1ccc(-c2cc(Cn3cccn3)no2)s1. The summed E-state index contributed by atoms with van der Waals surface area (Å²) in [7, 11) is 0. The molecule has 3 heterocycles. The number of thiophene rings is 1. The Kier molecular flexibility index (Phi) is 2.70. The number of nitrogens with zero attached hydrogens (tertiary/aromatic N) is 3. The van der Waals surface area contributed by atoms with Gasteiger partial charge in [-0.2, -0.15) is 5.10 Å². The van der Waals surface area contributed by atoms with E-state index in [0.29, 0.717) is 6.54 Å². The molecule has 0 unspecified atom stereocenters. The van der Waals surface area contributed by atoms with E-state index in [1.807, 2.05) is 30.5 Å². The van der Waals surface area contributed by atoms with Crippen molar-refractivity contribution in [2.24, 2.45) is 0 Å². The fourth-order valence-electron chi connectivity index (χ4n) is 1.51. The van der Waals surface area contributed by atoms with Gasteiger partial charge in [0.25, 0.3) is 0 Å². The summed E-state index contributed by atoms with van der Waals surface area (Å²) in [5.74, 6) is 0.740. The largest absolute Gasteiger partial charge is 0.355 e. The van der Waals surface area contributed by atoms with Crippen molar-refractivity contribution in [1.82, 2.24) is 14.9 Å². The van der Waals surface area contributed by atoms with Crippen molar-refractivity contribution in [1.29, 1.82) is 0 Å². The number of halogens is 1. The number of hydrogen-bond acceptors (Lipinski definition) is 4. The van der Waals surface area contributed by atoms with Crippen LogP contribution in [0.5, 0.6) is 0 Å². The van der Waals surface area contributed by atoms with E-state index in [2.05, 4.69) is 10.3 Å². The molecule has 0 fully saturated rings. The second-order valence-electron chi connectivity index (χ2n) is 3.49. The molecular weight excluding hydrogens is 258 g/mol. The highest BCUT2D eigenvalue weighted by atomic mass is 35.5. The molecule has 86 valence electrons. The molecule has 0 radical (unpaired) electrons. The number of rotatable bonds is 3. The van der Waals surface area contributed by atoms with Gasteiger partial charge in [-0.15, -0.1) is 11.3 Å². The first-order valence-corrected chi connectivity index (χ1v) is 6.19. The van der Waals surface area contributed by atoms with Crippen molar-refractivity contribution >= 4 is 22.9 Å². The molecule has 0 aliphatic heterocycles. The fraction of sp³-hybridized carbons (Fsp3) is 0.0909. The Morgan fingerprint density at radius 3 is 3.06 bits per heavy atom. The van der Waals surface area contributed by atoms with Crippen LogP contribution in [-0.4, -0.2) is 14.9 Å². The first-order valence-electron chi connectivity index (χ1n) is 5.00. The van der Waals surface area contributed by atoms with Gasteiger partial charge in [-0.1, -0.05) is 16.8 Å². The van der Waals surface area contributed by atoms with Crippen molar-refractivity contribution in [3.8, 4) is 10.6 Å². The van der Waals surface area contributed by atoms with Crippen molar-refractivity contribution in [2.75, 3.05) is 0 Å².